The van der Waals surface area contributed by atoms with E-state index in [0.717, 1.165) is 13.0 Å². The van der Waals surface area contributed by atoms with Crippen molar-refractivity contribution in [3.63, 3.8) is 0 Å². The Morgan fingerprint density at radius 1 is 1.25 bits per heavy atom. The van der Waals surface area contributed by atoms with Crippen molar-refractivity contribution in [2.24, 2.45) is 0 Å². The van der Waals surface area contributed by atoms with Crippen LogP contribution >= 0.6 is 0 Å². The summed E-state index contributed by atoms with van der Waals surface area (Å²) >= 11 is 0. The van der Waals surface area contributed by atoms with Crippen LogP contribution in [0.15, 0.2) is 24.3 Å². The largest absolute Gasteiger partial charge is 0.481 e. The number of amides is 1. The van der Waals surface area contributed by atoms with E-state index in [1.165, 1.54) is 11.1 Å². The van der Waals surface area contributed by atoms with Crippen molar-refractivity contribution in [3.05, 3.63) is 35.4 Å². The van der Waals surface area contributed by atoms with Gasteiger partial charge in [0.2, 0.25) is 5.91 Å². The zero-order chi connectivity index (χ0) is 14.5. The van der Waals surface area contributed by atoms with Crippen LogP contribution in [0.25, 0.3) is 0 Å². The maximum absolute atomic E-state index is 12.2. The molecule has 1 aromatic rings. The molecule has 1 amide bonds. The van der Waals surface area contributed by atoms with Crippen LogP contribution in [0.1, 0.15) is 49.8 Å². The molecular formula is C16H21NO3. The van der Waals surface area contributed by atoms with Crippen molar-refractivity contribution in [3.8, 4) is 0 Å². The van der Waals surface area contributed by atoms with Crippen LogP contribution in [-0.2, 0) is 16.0 Å². The molecule has 1 N–H and O–H groups in total. The molecule has 0 aromatic heterocycles. The average Bonchev–Trinajstić information content (AvgIpc) is 2.44. The fourth-order valence-corrected chi connectivity index (χ4v) is 2.81. The number of nitrogens with zero attached hydrogens (tertiary/aromatic N) is 1. The third-order valence-electron chi connectivity index (χ3n) is 3.95. The summed E-state index contributed by atoms with van der Waals surface area (Å²) in [5, 5.41) is 8.58. The number of fused-ring (bicyclic) bond motifs is 1. The van der Waals surface area contributed by atoms with Gasteiger partial charge in [0.25, 0.3) is 0 Å². The molecule has 1 heterocycles. The monoisotopic (exact) mass is 275 g/mol. The Kier molecular flexibility index (Phi) is 4.77. The van der Waals surface area contributed by atoms with Gasteiger partial charge in [-0.3, -0.25) is 9.59 Å². The van der Waals surface area contributed by atoms with Crippen LogP contribution < -0.4 is 0 Å². The van der Waals surface area contributed by atoms with Gasteiger partial charge in [-0.2, -0.15) is 0 Å². The van der Waals surface area contributed by atoms with Gasteiger partial charge in [0.1, 0.15) is 0 Å². The van der Waals surface area contributed by atoms with E-state index in [-0.39, 0.29) is 18.4 Å². The van der Waals surface area contributed by atoms with Gasteiger partial charge in [-0.25, -0.2) is 0 Å². The predicted molar refractivity (Wildman–Crippen MR) is 76.4 cm³/mol. The molecule has 1 aliphatic heterocycles. The van der Waals surface area contributed by atoms with Crippen molar-refractivity contribution in [2.75, 3.05) is 6.54 Å². The maximum Gasteiger partial charge on any atom is 0.303 e. The van der Waals surface area contributed by atoms with E-state index >= 15 is 0 Å². The molecule has 0 fully saturated rings. The van der Waals surface area contributed by atoms with Gasteiger partial charge in [0.15, 0.2) is 0 Å². The molecule has 0 aliphatic carbocycles. The number of hydrogen-bond donors (Lipinski definition) is 1. The molecule has 0 saturated carbocycles. The summed E-state index contributed by atoms with van der Waals surface area (Å²) < 4.78 is 0. The lowest BCUT2D eigenvalue weighted by atomic mass is 9.93. The molecule has 1 aliphatic rings. The van der Waals surface area contributed by atoms with Crippen molar-refractivity contribution in [2.45, 2.75) is 45.1 Å². The van der Waals surface area contributed by atoms with Gasteiger partial charge >= 0.3 is 5.97 Å². The van der Waals surface area contributed by atoms with Crippen molar-refractivity contribution < 1.29 is 14.7 Å². The summed E-state index contributed by atoms with van der Waals surface area (Å²) in [6.07, 6.45) is 2.71. The summed E-state index contributed by atoms with van der Waals surface area (Å²) in [6, 6.07) is 8.38. The average molecular weight is 275 g/mol. The van der Waals surface area contributed by atoms with Gasteiger partial charge in [0.05, 0.1) is 6.04 Å². The Bertz CT molecular complexity index is 498. The SMILES string of the molecule is CC1c2ccccc2CCN1C(=O)CCCCC(=O)O. The molecule has 0 radical (unpaired) electrons. The lowest BCUT2D eigenvalue weighted by molar-refractivity contribution is -0.138. The highest BCUT2D eigenvalue weighted by atomic mass is 16.4. The Hall–Kier alpha value is -1.84. The van der Waals surface area contributed by atoms with Gasteiger partial charge in [-0.05, 0) is 37.3 Å². The summed E-state index contributed by atoms with van der Waals surface area (Å²) in [7, 11) is 0. The summed E-state index contributed by atoms with van der Waals surface area (Å²) in [5.74, 6) is -0.657. The smallest absolute Gasteiger partial charge is 0.303 e. The van der Waals surface area contributed by atoms with E-state index < -0.39 is 5.97 Å². The Balaban J connectivity index is 1.90. The first kappa shape index (κ1) is 14.6. The molecule has 0 bridgehead atoms. The number of aliphatic carboxylic acids is 1. The first-order valence-electron chi connectivity index (χ1n) is 7.18. The lowest BCUT2D eigenvalue weighted by Crippen LogP contribution is -2.38. The van der Waals surface area contributed by atoms with E-state index in [4.69, 9.17) is 5.11 Å². The van der Waals surface area contributed by atoms with Crippen LogP contribution in [0.5, 0.6) is 0 Å². The fourth-order valence-electron chi connectivity index (χ4n) is 2.81. The van der Waals surface area contributed by atoms with E-state index in [2.05, 4.69) is 19.1 Å². The second-order valence-corrected chi connectivity index (χ2v) is 5.31. The fraction of sp³-hybridized carbons (Fsp3) is 0.500. The van der Waals surface area contributed by atoms with Crippen molar-refractivity contribution in [1.29, 1.82) is 0 Å². The highest BCUT2D eigenvalue weighted by Gasteiger charge is 2.26. The highest BCUT2D eigenvalue weighted by molar-refractivity contribution is 5.77. The summed E-state index contributed by atoms with van der Waals surface area (Å²) in [5.41, 5.74) is 2.56. The standard InChI is InChI=1S/C16H21NO3/c1-12-14-7-3-2-6-13(14)10-11-17(12)15(18)8-4-5-9-16(19)20/h2-3,6-7,12H,4-5,8-11H2,1H3,(H,19,20). The molecule has 20 heavy (non-hydrogen) atoms. The van der Waals surface area contributed by atoms with Crippen LogP contribution in [0.2, 0.25) is 0 Å². The van der Waals surface area contributed by atoms with E-state index in [1.807, 2.05) is 17.0 Å². The Morgan fingerprint density at radius 3 is 2.70 bits per heavy atom. The number of unbranched alkanes of at least 4 members (excludes halogenated alkanes) is 1. The molecular weight excluding hydrogens is 254 g/mol. The zero-order valence-electron chi connectivity index (χ0n) is 11.8. The number of hydrogen-bond acceptors (Lipinski definition) is 2. The predicted octanol–water partition coefficient (Wildman–Crippen LogP) is 2.78. The Morgan fingerprint density at radius 2 is 1.95 bits per heavy atom. The lowest BCUT2D eigenvalue weighted by Gasteiger charge is -2.35. The van der Waals surface area contributed by atoms with Crippen molar-refractivity contribution in [1.82, 2.24) is 4.90 Å². The number of carboxylic acid groups (broad SMARTS) is 1. The molecule has 1 aromatic carbocycles. The number of rotatable bonds is 5. The normalized spacial score (nSPS) is 17.6. The van der Waals surface area contributed by atoms with Gasteiger partial charge in [-0.1, -0.05) is 24.3 Å². The number of benzene rings is 1. The third-order valence-corrected chi connectivity index (χ3v) is 3.95. The molecule has 1 unspecified atom stereocenters. The van der Waals surface area contributed by atoms with Crippen LogP contribution in [0.4, 0.5) is 0 Å². The molecule has 0 spiro atoms. The molecule has 1 atom stereocenters. The number of carbonyl (C=O) groups excluding carboxylic acids is 1. The molecule has 2 rings (SSSR count). The molecule has 0 saturated heterocycles. The van der Waals surface area contributed by atoms with Gasteiger partial charge < -0.3 is 10.0 Å². The Labute approximate surface area is 119 Å². The highest BCUT2D eigenvalue weighted by Crippen LogP contribution is 2.29. The molecule has 4 nitrogen and oxygen atoms in total. The summed E-state index contributed by atoms with van der Waals surface area (Å²) in [4.78, 5) is 24.6. The minimum Gasteiger partial charge on any atom is -0.481 e. The van der Waals surface area contributed by atoms with E-state index in [1.54, 1.807) is 0 Å². The van der Waals surface area contributed by atoms with Gasteiger partial charge in [-0.15, -0.1) is 0 Å². The van der Waals surface area contributed by atoms with Crippen LogP contribution in [0, 0.1) is 0 Å². The maximum atomic E-state index is 12.2. The van der Waals surface area contributed by atoms with E-state index in [9.17, 15) is 9.59 Å². The van der Waals surface area contributed by atoms with Crippen molar-refractivity contribution >= 4 is 11.9 Å². The van der Waals surface area contributed by atoms with Gasteiger partial charge in [0, 0.05) is 19.4 Å². The second kappa shape index (κ2) is 6.55. The van der Waals surface area contributed by atoms with E-state index in [0.29, 0.717) is 19.3 Å². The first-order chi connectivity index (χ1) is 9.59. The number of carboxylic acids is 1. The minimum absolute atomic E-state index is 0.118. The quantitative estimate of drug-likeness (QED) is 0.841. The molecule has 108 valence electrons. The zero-order valence-corrected chi connectivity index (χ0v) is 11.8. The minimum atomic E-state index is -0.794. The topological polar surface area (TPSA) is 57.6 Å². The molecule has 4 heteroatoms. The summed E-state index contributed by atoms with van der Waals surface area (Å²) in [6.45, 7) is 2.82. The van der Waals surface area contributed by atoms with Crippen LogP contribution in [0.3, 0.4) is 0 Å². The van der Waals surface area contributed by atoms with Crippen LogP contribution in [-0.4, -0.2) is 28.4 Å². The number of carbonyl (C=O) groups is 2. The second-order valence-electron chi connectivity index (χ2n) is 5.31. The third kappa shape index (κ3) is 3.38. The first-order valence-corrected chi connectivity index (χ1v) is 7.18.